The van der Waals surface area contributed by atoms with E-state index in [1.807, 2.05) is 41.0 Å². The minimum absolute atomic E-state index is 0.124. The number of carbonyl (C=O) groups is 1. The van der Waals surface area contributed by atoms with Gasteiger partial charge in [0, 0.05) is 24.3 Å². The number of nitrogens with one attached hydrogen (secondary N) is 1. The first-order chi connectivity index (χ1) is 19.6. The number of nitrogens with zero attached hydrogens (tertiary/aromatic N) is 7. The Kier molecular flexibility index (Phi) is 5.55. The van der Waals surface area contributed by atoms with Gasteiger partial charge in [-0.25, -0.2) is 24.9 Å². The Morgan fingerprint density at radius 3 is 2.75 bits per heavy atom. The quantitative estimate of drug-likeness (QED) is 0.334. The van der Waals surface area contributed by atoms with Crippen LogP contribution in [0.1, 0.15) is 39.8 Å². The van der Waals surface area contributed by atoms with Crippen LogP contribution in [-0.2, 0) is 6.42 Å². The molecule has 0 saturated heterocycles. The summed E-state index contributed by atoms with van der Waals surface area (Å²) in [6, 6.07) is 13.5. The summed E-state index contributed by atoms with van der Waals surface area (Å²) in [6.07, 6.45) is 9.44. The standard InChI is InChI=1S/C29H23N9O2/c1-16-24(32-12-11-31-16)28(39)37-21-7-4-17-15-18(5-6-19(17)21)38-26(20-3-2-10-33-25(20)30)35-22-8-9-23(36-27(22)38)29-34-13-14-40-29/h2-3,5-6,8-15,21H,4,7H2,1H3,(H2,30,33)(H,37,39)/t21-/m0/s1. The zero-order chi connectivity index (χ0) is 27.2. The lowest BCUT2D eigenvalue weighted by atomic mass is 10.1. The number of hydrogen-bond donors (Lipinski definition) is 2. The summed E-state index contributed by atoms with van der Waals surface area (Å²) in [7, 11) is 0. The lowest BCUT2D eigenvalue weighted by Crippen LogP contribution is -2.28. The maximum atomic E-state index is 12.9. The van der Waals surface area contributed by atoms with E-state index in [1.54, 1.807) is 25.5 Å². The number of nitrogens with two attached hydrogens (primary N) is 1. The van der Waals surface area contributed by atoms with Crippen molar-refractivity contribution in [2.75, 3.05) is 5.73 Å². The molecule has 0 unspecified atom stereocenters. The smallest absolute Gasteiger partial charge is 0.272 e. The summed E-state index contributed by atoms with van der Waals surface area (Å²) in [4.78, 5) is 39.6. The Labute approximate surface area is 228 Å². The number of rotatable bonds is 5. The van der Waals surface area contributed by atoms with Crippen molar-refractivity contribution in [1.29, 1.82) is 0 Å². The van der Waals surface area contributed by atoms with Gasteiger partial charge in [-0.15, -0.1) is 0 Å². The lowest BCUT2D eigenvalue weighted by molar-refractivity contribution is 0.0930. The van der Waals surface area contributed by atoms with E-state index in [4.69, 9.17) is 20.1 Å². The lowest BCUT2D eigenvalue weighted by Gasteiger charge is -2.16. The molecule has 5 aromatic heterocycles. The van der Waals surface area contributed by atoms with E-state index in [2.05, 4.69) is 31.3 Å². The number of benzene rings is 1. The van der Waals surface area contributed by atoms with Crippen molar-refractivity contribution in [1.82, 2.24) is 39.8 Å². The summed E-state index contributed by atoms with van der Waals surface area (Å²) in [5, 5.41) is 3.13. The average molecular weight is 530 g/mol. The highest BCUT2D eigenvalue weighted by atomic mass is 16.3. The summed E-state index contributed by atoms with van der Waals surface area (Å²) in [6.45, 7) is 1.78. The van der Waals surface area contributed by atoms with Crippen LogP contribution in [0.15, 0.2) is 77.9 Å². The molecule has 0 aliphatic heterocycles. The molecule has 0 radical (unpaired) electrons. The molecule has 0 fully saturated rings. The van der Waals surface area contributed by atoms with Gasteiger partial charge in [-0.2, -0.15) is 0 Å². The summed E-state index contributed by atoms with van der Waals surface area (Å²) in [5.74, 6) is 1.18. The predicted molar refractivity (Wildman–Crippen MR) is 147 cm³/mol. The molecule has 11 heteroatoms. The Bertz CT molecular complexity index is 1900. The van der Waals surface area contributed by atoms with Gasteiger partial charge in [0.1, 0.15) is 29.0 Å². The van der Waals surface area contributed by atoms with Crippen LogP contribution in [0, 0.1) is 6.92 Å². The monoisotopic (exact) mass is 529 g/mol. The normalized spacial score (nSPS) is 14.4. The molecule has 11 nitrogen and oxygen atoms in total. The number of aromatic nitrogens is 7. The highest BCUT2D eigenvalue weighted by molar-refractivity contribution is 5.93. The number of amides is 1. The maximum Gasteiger partial charge on any atom is 0.272 e. The molecule has 3 N–H and O–H groups in total. The van der Waals surface area contributed by atoms with Gasteiger partial charge < -0.3 is 15.5 Å². The van der Waals surface area contributed by atoms with E-state index in [0.717, 1.165) is 29.7 Å². The third-order valence-electron chi connectivity index (χ3n) is 7.10. The summed E-state index contributed by atoms with van der Waals surface area (Å²) >= 11 is 0. The molecular weight excluding hydrogens is 506 g/mol. The predicted octanol–water partition coefficient (Wildman–Crippen LogP) is 4.24. The van der Waals surface area contributed by atoms with Gasteiger partial charge in [0.25, 0.3) is 5.91 Å². The zero-order valence-corrected chi connectivity index (χ0v) is 21.4. The third-order valence-corrected chi connectivity index (χ3v) is 7.10. The van der Waals surface area contributed by atoms with E-state index in [9.17, 15) is 4.79 Å². The van der Waals surface area contributed by atoms with E-state index >= 15 is 0 Å². The molecule has 1 aliphatic rings. The van der Waals surface area contributed by atoms with Crippen molar-refractivity contribution in [3.63, 3.8) is 0 Å². The third kappa shape index (κ3) is 3.95. The zero-order valence-electron chi connectivity index (χ0n) is 21.4. The maximum absolute atomic E-state index is 12.9. The van der Waals surface area contributed by atoms with Crippen LogP contribution in [0.5, 0.6) is 0 Å². The van der Waals surface area contributed by atoms with Crippen molar-refractivity contribution < 1.29 is 9.21 Å². The summed E-state index contributed by atoms with van der Waals surface area (Å²) in [5.41, 5.74) is 12.9. The van der Waals surface area contributed by atoms with E-state index < -0.39 is 0 Å². The van der Waals surface area contributed by atoms with Crippen LogP contribution in [0.4, 0.5) is 5.82 Å². The SMILES string of the molecule is Cc1nccnc1C(=O)N[C@H]1CCc2cc(-n3c(-c4cccnc4N)nc4ccc(-c5ncco5)nc43)ccc21. The van der Waals surface area contributed by atoms with Crippen molar-refractivity contribution >= 4 is 22.9 Å². The highest BCUT2D eigenvalue weighted by Gasteiger charge is 2.27. The second-order valence-corrected chi connectivity index (χ2v) is 9.52. The van der Waals surface area contributed by atoms with Gasteiger partial charge in [-0.05, 0) is 67.3 Å². The minimum Gasteiger partial charge on any atom is -0.443 e. The molecule has 0 saturated carbocycles. The Morgan fingerprint density at radius 1 is 1.02 bits per heavy atom. The molecule has 1 aliphatic carbocycles. The number of nitrogen functional groups attached to an aromatic ring is 1. The number of fused-ring (bicyclic) bond motifs is 2. The molecule has 7 rings (SSSR count). The second-order valence-electron chi connectivity index (χ2n) is 9.52. The van der Waals surface area contributed by atoms with Crippen LogP contribution >= 0.6 is 0 Å². The second kappa shape index (κ2) is 9.38. The van der Waals surface area contributed by atoms with Crippen molar-refractivity contribution in [3.8, 4) is 28.7 Å². The largest absolute Gasteiger partial charge is 0.443 e. The number of anilines is 1. The first kappa shape index (κ1) is 23.7. The molecule has 1 atom stereocenters. The van der Waals surface area contributed by atoms with Crippen LogP contribution in [-0.4, -0.2) is 40.4 Å². The van der Waals surface area contributed by atoms with Crippen molar-refractivity contribution in [3.05, 3.63) is 96.0 Å². The fraction of sp³-hybridized carbons (Fsp3) is 0.138. The topological polar surface area (TPSA) is 151 Å². The van der Waals surface area contributed by atoms with Crippen molar-refractivity contribution in [2.45, 2.75) is 25.8 Å². The Hall–Kier alpha value is -5.45. The van der Waals surface area contributed by atoms with Crippen LogP contribution in [0.2, 0.25) is 0 Å². The fourth-order valence-corrected chi connectivity index (χ4v) is 5.21. The molecule has 40 heavy (non-hydrogen) atoms. The fourth-order valence-electron chi connectivity index (χ4n) is 5.21. The number of carbonyl (C=O) groups excluding carboxylic acids is 1. The number of hydrogen-bond acceptors (Lipinski definition) is 9. The van der Waals surface area contributed by atoms with Gasteiger partial charge in [0.2, 0.25) is 5.89 Å². The van der Waals surface area contributed by atoms with Gasteiger partial charge in [0.05, 0.1) is 23.5 Å². The average Bonchev–Trinajstić information content (AvgIpc) is 3.72. The van der Waals surface area contributed by atoms with E-state index in [1.165, 1.54) is 12.5 Å². The molecule has 0 bridgehead atoms. The molecular formula is C29H23N9O2. The molecule has 0 spiro atoms. The first-order valence-corrected chi connectivity index (χ1v) is 12.8. The molecule has 196 valence electrons. The van der Waals surface area contributed by atoms with E-state index in [0.29, 0.717) is 51.3 Å². The number of imidazole rings is 1. The van der Waals surface area contributed by atoms with Gasteiger partial charge in [0.15, 0.2) is 11.5 Å². The van der Waals surface area contributed by atoms with Gasteiger partial charge >= 0.3 is 0 Å². The number of aryl methyl sites for hydroxylation is 2. The van der Waals surface area contributed by atoms with Crippen LogP contribution in [0.3, 0.4) is 0 Å². The first-order valence-electron chi connectivity index (χ1n) is 12.8. The van der Waals surface area contributed by atoms with Gasteiger partial charge in [-0.1, -0.05) is 6.07 Å². The minimum atomic E-state index is -0.231. The Balaban J connectivity index is 1.32. The van der Waals surface area contributed by atoms with Crippen molar-refractivity contribution in [2.24, 2.45) is 0 Å². The van der Waals surface area contributed by atoms with E-state index in [-0.39, 0.29) is 11.9 Å². The van der Waals surface area contributed by atoms with Gasteiger partial charge in [-0.3, -0.25) is 14.3 Å². The summed E-state index contributed by atoms with van der Waals surface area (Å²) < 4.78 is 7.47. The molecule has 5 heterocycles. The molecule has 1 amide bonds. The molecule has 1 aromatic carbocycles. The number of pyridine rings is 2. The molecule has 6 aromatic rings. The number of oxazole rings is 1. The highest BCUT2D eigenvalue weighted by Crippen LogP contribution is 2.36. The van der Waals surface area contributed by atoms with Crippen LogP contribution in [0.25, 0.3) is 39.8 Å². The van der Waals surface area contributed by atoms with Crippen LogP contribution < -0.4 is 11.1 Å². The Morgan fingerprint density at radius 2 is 1.93 bits per heavy atom.